The fraction of sp³-hybridized carbons (Fsp3) is 0.458. The smallest absolute Gasteiger partial charge is 0.255 e. The number of nitrogens with zero attached hydrogens (tertiary/aromatic N) is 5. The lowest BCUT2D eigenvalue weighted by molar-refractivity contribution is -0.137. The van der Waals surface area contributed by atoms with Gasteiger partial charge in [0.25, 0.3) is 5.91 Å². The second kappa shape index (κ2) is 24.7. The molecule has 1 fully saturated rings. The van der Waals surface area contributed by atoms with Crippen LogP contribution in [0.2, 0.25) is 4.34 Å². The molecule has 4 aromatic rings. The molecule has 2 aromatic heterocycles. The molecule has 364 valence electrons. The van der Waals surface area contributed by atoms with E-state index in [9.17, 15) is 28.8 Å². The fourth-order valence-electron chi connectivity index (χ4n) is 8.40. The standard InChI is InChI=1S/C48H56ClN7O10S.ClH/c1-4-36-48(62)54(2)38-27-50-42(52-45(38)55(36)28-32-15-17-41(49)67-32)26-31-14-13-30(25-40(31)63-3)39(57)11-8-20-65-22-24-66-23-21-64-19-6-5-12-43(58)51-35-10-7-9-33-34(35)29-56(47(33)61)37-16-18-44(59)53-46(37)60;/h7,9-10,13-15,17,25,27,36-37H,4-6,8,11-12,16,18-24,26,28-29H2,1-3H3,(H,51,58)(H,53,59,60);1H/t36-,37?;/m1./s1. The summed E-state index contributed by atoms with van der Waals surface area (Å²) < 4.78 is 23.3. The summed E-state index contributed by atoms with van der Waals surface area (Å²) in [5, 5.41) is 5.21. The van der Waals surface area contributed by atoms with Crippen molar-refractivity contribution in [1.29, 1.82) is 0 Å². The van der Waals surface area contributed by atoms with Crippen molar-refractivity contribution < 1.29 is 47.7 Å². The molecule has 2 aromatic carbocycles. The van der Waals surface area contributed by atoms with Gasteiger partial charge in [0.1, 0.15) is 29.3 Å². The van der Waals surface area contributed by atoms with E-state index in [0.717, 1.165) is 10.4 Å². The van der Waals surface area contributed by atoms with Crippen LogP contribution in [0.25, 0.3) is 0 Å². The number of carbonyl (C=O) groups excluding carboxylic acids is 6. The van der Waals surface area contributed by atoms with Crippen molar-refractivity contribution in [3.63, 3.8) is 0 Å². The number of methoxy groups -OCH3 is 1. The van der Waals surface area contributed by atoms with Gasteiger partial charge in [0.05, 0.1) is 50.6 Å². The largest absolute Gasteiger partial charge is 0.496 e. The van der Waals surface area contributed by atoms with Crippen molar-refractivity contribution in [2.24, 2.45) is 0 Å². The minimum Gasteiger partial charge on any atom is -0.496 e. The molecule has 1 unspecified atom stereocenters. The highest BCUT2D eigenvalue weighted by Gasteiger charge is 2.40. The van der Waals surface area contributed by atoms with E-state index in [2.05, 4.69) is 15.6 Å². The van der Waals surface area contributed by atoms with E-state index in [1.54, 1.807) is 55.6 Å². The number of rotatable bonds is 24. The first kappa shape index (κ1) is 51.9. The van der Waals surface area contributed by atoms with E-state index in [4.69, 9.17) is 35.5 Å². The van der Waals surface area contributed by atoms with Crippen LogP contribution in [-0.2, 0) is 52.9 Å². The number of halogens is 2. The van der Waals surface area contributed by atoms with Gasteiger partial charge in [-0.3, -0.25) is 34.1 Å². The van der Waals surface area contributed by atoms with Crippen LogP contribution in [0.15, 0.2) is 54.7 Å². The molecular formula is C48H57Cl2N7O10S. The number of unbranched alkanes of at least 4 members (excludes halogenated alkanes) is 1. The molecule has 0 aliphatic carbocycles. The van der Waals surface area contributed by atoms with Crippen LogP contribution in [0.4, 0.5) is 17.2 Å². The number of benzene rings is 2. The highest BCUT2D eigenvalue weighted by atomic mass is 35.5. The van der Waals surface area contributed by atoms with Crippen molar-refractivity contribution in [3.8, 4) is 5.75 Å². The lowest BCUT2D eigenvalue weighted by Gasteiger charge is -2.40. The van der Waals surface area contributed by atoms with Crippen LogP contribution < -0.4 is 25.2 Å². The Morgan fingerprint density at radius 1 is 0.941 bits per heavy atom. The number of ether oxygens (including phenoxy) is 4. The molecule has 0 radical (unpaired) electrons. The predicted octanol–water partition coefficient (Wildman–Crippen LogP) is 6.56. The number of imide groups is 1. The van der Waals surface area contributed by atoms with Gasteiger partial charge in [-0.05, 0) is 62.4 Å². The zero-order valence-electron chi connectivity index (χ0n) is 38.4. The fourth-order valence-corrected chi connectivity index (χ4v) is 9.49. The number of hydrogen-bond donors (Lipinski definition) is 2. The number of thiophene rings is 1. The zero-order chi connectivity index (χ0) is 47.5. The first-order chi connectivity index (χ1) is 32.4. The number of nitrogens with one attached hydrogen (secondary N) is 2. The van der Waals surface area contributed by atoms with Gasteiger partial charge in [0.15, 0.2) is 11.6 Å². The van der Waals surface area contributed by atoms with E-state index in [0.29, 0.717) is 135 Å². The molecule has 5 amide bonds. The second-order valence-corrected chi connectivity index (χ2v) is 18.3. The van der Waals surface area contributed by atoms with Gasteiger partial charge < -0.3 is 39.0 Å². The number of Topliss-reactive ketones (excluding diaryl/α,β-unsaturated/α-hetero) is 1. The van der Waals surface area contributed by atoms with Gasteiger partial charge in [-0.25, -0.2) is 9.97 Å². The quantitative estimate of drug-likeness (QED) is 0.0435. The van der Waals surface area contributed by atoms with Crippen LogP contribution in [0, 0.1) is 0 Å². The molecule has 3 aliphatic rings. The second-order valence-electron chi connectivity index (χ2n) is 16.5. The molecule has 68 heavy (non-hydrogen) atoms. The summed E-state index contributed by atoms with van der Waals surface area (Å²) in [6, 6.07) is 13.3. The molecule has 0 saturated carbocycles. The number of piperidine rings is 1. The summed E-state index contributed by atoms with van der Waals surface area (Å²) in [4.78, 5) is 91.8. The average Bonchev–Trinajstić information content (AvgIpc) is 3.89. The Morgan fingerprint density at radius 3 is 2.40 bits per heavy atom. The van der Waals surface area contributed by atoms with Crippen molar-refractivity contribution in [2.75, 3.05) is 68.9 Å². The van der Waals surface area contributed by atoms with Gasteiger partial charge in [-0.15, -0.1) is 23.7 Å². The normalized spacial score (nSPS) is 16.6. The monoisotopic (exact) mass is 993 g/mol. The highest BCUT2D eigenvalue weighted by Crippen LogP contribution is 2.37. The third-order valence-electron chi connectivity index (χ3n) is 12.0. The Labute approximate surface area is 410 Å². The van der Waals surface area contributed by atoms with Gasteiger partial charge >= 0.3 is 0 Å². The van der Waals surface area contributed by atoms with E-state index in [1.165, 1.54) is 16.2 Å². The Bertz CT molecular complexity index is 2470. The molecule has 0 bridgehead atoms. The minimum absolute atomic E-state index is 0. The van der Waals surface area contributed by atoms with Crippen molar-refractivity contribution in [1.82, 2.24) is 20.2 Å². The summed E-state index contributed by atoms with van der Waals surface area (Å²) in [7, 11) is 3.32. The number of ketones is 1. The maximum atomic E-state index is 13.3. The lowest BCUT2D eigenvalue weighted by Crippen LogP contribution is -2.52. The number of carbonyl (C=O) groups is 6. The number of aromatic nitrogens is 2. The number of anilines is 3. The third-order valence-corrected chi connectivity index (χ3v) is 13.2. The first-order valence-electron chi connectivity index (χ1n) is 22.6. The number of amides is 5. The van der Waals surface area contributed by atoms with E-state index in [-0.39, 0.29) is 73.7 Å². The van der Waals surface area contributed by atoms with Gasteiger partial charge in [0, 0.05) is 85.3 Å². The molecule has 20 heteroatoms. The maximum absolute atomic E-state index is 13.3. The van der Waals surface area contributed by atoms with E-state index < -0.39 is 11.9 Å². The van der Waals surface area contributed by atoms with E-state index >= 15 is 0 Å². The van der Waals surface area contributed by atoms with Crippen LogP contribution in [0.1, 0.15) is 101 Å². The van der Waals surface area contributed by atoms with E-state index in [1.807, 2.05) is 30.0 Å². The van der Waals surface area contributed by atoms with Crippen LogP contribution in [-0.4, -0.2) is 116 Å². The number of hydrogen-bond acceptors (Lipinski definition) is 14. The highest BCUT2D eigenvalue weighted by molar-refractivity contribution is 7.16. The molecule has 17 nitrogen and oxygen atoms in total. The molecule has 2 atom stereocenters. The minimum atomic E-state index is -0.722. The first-order valence-corrected chi connectivity index (χ1v) is 23.8. The Balaban J connectivity index is 0.00000761. The zero-order valence-corrected chi connectivity index (χ0v) is 40.8. The van der Waals surface area contributed by atoms with Crippen molar-refractivity contribution >= 4 is 87.9 Å². The van der Waals surface area contributed by atoms with Gasteiger partial charge in [-0.1, -0.05) is 36.7 Å². The average molecular weight is 995 g/mol. The molecule has 1 saturated heterocycles. The van der Waals surface area contributed by atoms with Gasteiger partial charge in [-0.2, -0.15) is 0 Å². The summed E-state index contributed by atoms with van der Waals surface area (Å²) in [5.74, 6) is 0.478. The summed E-state index contributed by atoms with van der Waals surface area (Å²) >= 11 is 7.70. The molecule has 2 N–H and O–H groups in total. The Hall–Kier alpha value is -5.50. The molecule has 3 aliphatic heterocycles. The van der Waals surface area contributed by atoms with Gasteiger partial charge in [0.2, 0.25) is 23.6 Å². The number of fused-ring (bicyclic) bond motifs is 2. The maximum Gasteiger partial charge on any atom is 0.255 e. The summed E-state index contributed by atoms with van der Waals surface area (Å²) in [6.45, 7) is 5.12. The van der Waals surface area contributed by atoms with Crippen LogP contribution in [0.5, 0.6) is 5.75 Å². The summed E-state index contributed by atoms with van der Waals surface area (Å²) in [6.07, 6.45) is 5.54. The SMILES string of the molecule is CC[C@@H]1C(=O)N(C)c2cnc(Cc3ccc(C(=O)CCCOCCOCCOCCCCC(=O)Nc4cccc5c4CN(C4CCC(=O)NC4=O)C5=O)cc3OC)nc2N1Cc1ccc(Cl)s1.Cl. The van der Waals surface area contributed by atoms with Crippen molar-refractivity contribution in [3.05, 3.63) is 92.0 Å². The molecule has 7 rings (SSSR count). The summed E-state index contributed by atoms with van der Waals surface area (Å²) in [5.41, 5.74) is 3.66. The topological polar surface area (TPSA) is 199 Å². The van der Waals surface area contributed by atoms with Crippen molar-refractivity contribution in [2.45, 2.75) is 89.9 Å². The molecule has 5 heterocycles. The number of likely N-dealkylation sites (N-methyl/N-ethyl adjacent to an activating group) is 1. The Morgan fingerprint density at radius 2 is 1.69 bits per heavy atom. The predicted molar refractivity (Wildman–Crippen MR) is 259 cm³/mol. The molecular weight excluding hydrogens is 938 g/mol. The Kier molecular flexibility index (Phi) is 18.8. The van der Waals surface area contributed by atoms with Crippen LogP contribution in [0.3, 0.4) is 0 Å². The molecule has 0 spiro atoms. The lowest BCUT2D eigenvalue weighted by atomic mass is 10.0. The van der Waals surface area contributed by atoms with Crippen LogP contribution >= 0.6 is 35.3 Å². The third kappa shape index (κ3) is 12.8.